The zero-order valence-corrected chi connectivity index (χ0v) is 11.6. The molecule has 1 aromatic rings. The van der Waals surface area contributed by atoms with Crippen LogP contribution >= 0.6 is 0 Å². The van der Waals surface area contributed by atoms with Crippen LogP contribution in [-0.2, 0) is 9.59 Å². The quantitative estimate of drug-likeness (QED) is 0.364. The molecule has 4 unspecified atom stereocenters. The summed E-state index contributed by atoms with van der Waals surface area (Å²) in [7, 11) is 0. The third-order valence-electron chi connectivity index (χ3n) is 5.30. The summed E-state index contributed by atoms with van der Waals surface area (Å²) >= 11 is 0. The van der Waals surface area contributed by atoms with E-state index in [1.54, 1.807) is 24.3 Å². The Labute approximate surface area is 122 Å². The van der Waals surface area contributed by atoms with Gasteiger partial charge in [0.1, 0.15) is 0 Å². The summed E-state index contributed by atoms with van der Waals surface area (Å²) in [6, 6.07) is 6.97. The van der Waals surface area contributed by atoms with Gasteiger partial charge in [-0.15, -0.1) is 0 Å². The van der Waals surface area contributed by atoms with E-state index in [0.717, 1.165) is 29.4 Å². The number of amides is 2. The van der Waals surface area contributed by atoms with Crippen LogP contribution in [-0.4, -0.2) is 16.8 Å². The molecule has 21 heavy (non-hydrogen) atoms. The lowest BCUT2D eigenvalue weighted by Crippen LogP contribution is -2.52. The average molecular weight is 286 g/mol. The number of nitrogen functional groups attached to an aromatic ring is 1. The second-order valence-corrected chi connectivity index (χ2v) is 6.28. The molecule has 1 heterocycles. The summed E-state index contributed by atoms with van der Waals surface area (Å²) < 4.78 is 0. The van der Waals surface area contributed by atoms with Crippen LogP contribution in [0.3, 0.4) is 0 Å². The van der Waals surface area contributed by atoms with E-state index in [-0.39, 0.29) is 23.7 Å². The second kappa shape index (κ2) is 4.21. The number of carbonyl (C=O) groups excluding carboxylic acids is 2. The lowest BCUT2D eigenvalue weighted by molar-refractivity contribution is -0.141. The van der Waals surface area contributed by atoms with Gasteiger partial charge < -0.3 is 5.73 Å². The van der Waals surface area contributed by atoms with E-state index in [1.807, 2.05) is 0 Å². The van der Waals surface area contributed by atoms with Crippen LogP contribution in [0.25, 0.3) is 0 Å². The molecule has 3 fully saturated rings. The zero-order valence-electron chi connectivity index (χ0n) is 11.6. The predicted octanol–water partition coefficient (Wildman–Crippen LogP) is 0.895. The van der Waals surface area contributed by atoms with Gasteiger partial charge in [0.15, 0.2) is 0 Å². The first kappa shape index (κ1) is 12.6. The van der Waals surface area contributed by atoms with E-state index in [1.165, 1.54) is 0 Å². The molecule has 1 saturated heterocycles. The van der Waals surface area contributed by atoms with Gasteiger partial charge in [0.05, 0.1) is 23.2 Å². The minimum atomic E-state index is -0.174. The zero-order chi connectivity index (χ0) is 14.7. The lowest BCUT2D eigenvalue weighted by atomic mass is 9.81. The molecular weight excluding hydrogens is 268 g/mol. The molecule has 1 aliphatic heterocycles. The first-order chi connectivity index (χ1) is 10.1. The Morgan fingerprint density at radius 2 is 1.62 bits per heavy atom. The van der Waals surface area contributed by atoms with Crippen LogP contribution < -0.4 is 16.7 Å². The molecule has 4 atom stereocenters. The molecule has 110 valence electrons. The molecule has 6 nitrogen and oxygen atoms in total. The number of fused-ring (bicyclic) bond motifs is 5. The Kier molecular flexibility index (Phi) is 2.53. The van der Waals surface area contributed by atoms with E-state index in [0.29, 0.717) is 23.2 Å². The minimum Gasteiger partial charge on any atom is -0.397 e. The van der Waals surface area contributed by atoms with Gasteiger partial charge >= 0.3 is 0 Å². The molecule has 0 aromatic heterocycles. The van der Waals surface area contributed by atoms with Gasteiger partial charge in [-0.05, 0) is 43.2 Å². The Morgan fingerprint density at radius 1 is 1.05 bits per heavy atom. The lowest BCUT2D eigenvalue weighted by Gasteiger charge is -2.29. The van der Waals surface area contributed by atoms with Crippen molar-refractivity contribution in [2.45, 2.75) is 19.3 Å². The molecule has 4 N–H and O–H groups in total. The maximum atomic E-state index is 12.7. The monoisotopic (exact) mass is 286 g/mol. The average Bonchev–Trinajstić information content (AvgIpc) is 3.13. The number of hydrazine groups is 2. The number of nitrogens with two attached hydrogens (primary N) is 2. The summed E-state index contributed by atoms with van der Waals surface area (Å²) in [6.07, 6.45) is 3.12. The predicted molar refractivity (Wildman–Crippen MR) is 77.2 cm³/mol. The van der Waals surface area contributed by atoms with Crippen molar-refractivity contribution in [2.75, 3.05) is 10.9 Å². The molecule has 4 rings (SSSR count). The molecule has 2 amide bonds. The highest BCUT2D eigenvalue weighted by Gasteiger charge is 2.62. The fraction of sp³-hybridized carbons (Fsp3) is 0.467. The van der Waals surface area contributed by atoms with Crippen LogP contribution in [0.5, 0.6) is 0 Å². The smallest absolute Gasteiger partial charge is 0.253 e. The molecule has 1 aromatic carbocycles. The molecule has 2 bridgehead atoms. The van der Waals surface area contributed by atoms with Crippen molar-refractivity contribution in [3.8, 4) is 0 Å². The van der Waals surface area contributed by atoms with Crippen molar-refractivity contribution in [2.24, 2.45) is 29.5 Å². The van der Waals surface area contributed by atoms with Crippen LogP contribution in [0.2, 0.25) is 0 Å². The fourth-order valence-electron chi connectivity index (χ4n) is 4.41. The van der Waals surface area contributed by atoms with Gasteiger partial charge in [0.2, 0.25) is 0 Å². The van der Waals surface area contributed by atoms with Crippen molar-refractivity contribution in [3.63, 3.8) is 0 Å². The Hall–Kier alpha value is -2.08. The first-order valence-electron chi connectivity index (χ1n) is 7.36. The summed E-state index contributed by atoms with van der Waals surface area (Å²) in [5.74, 6) is 6.06. The number of anilines is 2. The summed E-state index contributed by atoms with van der Waals surface area (Å²) in [6.45, 7) is 0. The van der Waals surface area contributed by atoms with E-state index in [2.05, 4.69) is 0 Å². The van der Waals surface area contributed by atoms with Crippen molar-refractivity contribution in [1.82, 2.24) is 5.01 Å². The Morgan fingerprint density at radius 3 is 2.19 bits per heavy atom. The van der Waals surface area contributed by atoms with E-state index in [9.17, 15) is 9.59 Å². The SMILES string of the molecule is Nc1ccccc1N(N)N1C(=O)C2C3CCC(C3)C2C1=O. The third-order valence-corrected chi connectivity index (χ3v) is 5.30. The maximum Gasteiger partial charge on any atom is 0.253 e. The Balaban J connectivity index is 1.69. The van der Waals surface area contributed by atoms with Crippen LogP contribution in [0.15, 0.2) is 24.3 Å². The fourth-order valence-corrected chi connectivity index (χ4v) is 4.41. The van der Waals surface area contributed by atoms with Gasteiger partial charge in [-0.25, -0.2) is 11.0 Å². The van der Waals surface area contributed by atoms with Crippen LogP contribution in [0.1, 0.15) is 19.3 Å². The Bertz CT molecular complexity index is 604. The molecule has 0 spiro atoms. The summed E-state index contributed by atoms with van der Waals surface area (Å²) in [5.41, 5.74) is 6.82. The number of nitrogens with zero attached hydrogens (tertiary/aromatic N) is 2. The maximum absolute atomic E-state index is 12.7. The standard InChI is InChI=1S/C15H18N4O2/c16-10-3-1-2-4-11(10)19(17)18-14(20)12-8-5-6-9(7-8)13(12)15(18)21/h1-4,8-9,12-13H,5-7,16-17H2. The van der Waals surface area contributed by atoms with Crippen molar-refractivity contribution in [1.29, 1.82) is 0 Å². The van der Waals surface area contributed by atoms with E-state index >= 15 is 0 Å². The van der Waals surface area contributed by atoms with Crippen molar-refractivity contribution < 1.29 is 9.59 Å². The number of para-hydroxylation sites is 2. The number of rotatable bonds is 2. The number of benzene rings is 1. The second-order valence-electron chi connectivity index (χ2n) is 6.28. The third kappa shape index (κ3) is 1.56. The van der Waals surface area contributed by atoms with E-state index in [4.69, 9.17) is 11.6 Å². The van der Waals surface area contributed by atoms with Crippen molar-refractivity contribution >= 4 is 23.2 Å². The minimum absolute atomic E-state index is 0.164. The summed E-state index contributed by atoms with van der Waals surface area (Å²) in [4.78, 5) is 25.3. The highest BCUT2D eigenvalue weighted by Crippen LogP contribution is 2.56. The number of hydrogen-bond donors (Lipinski definition) is 2. The highest BCUT2D eigenvalue weighted by molar-refractivity contribution is 6.07. The number of hydrogen-bond acceptors (Lipinski definition) is 5. The van der Waals surface area contributed by atoms with Gasteiger partial charge in [-0.2, -0.15) is 5.01 Å². The molecular formula is C15H18N4O2. The van der Waals surface area contributed by atoms with Crippen LogP contribution in [0.4, 0.5) is 11.4 Å². The van der Waals surface area contributed by atoms with Crippen molar-refractivity contribution in [3.05, 3.63) is 24.3 Å². The highest BCUT2D eigenvalue weighted by atomic mass is 16.2. The molecule has 0 radical (unpaired) electrons. The van der Waals surface area contributed by atoms with E-state index < -0.39 is 0 Å². The molecule has 2 aliphatic carbocycles. The van der Waals surface area contributed by atoms with Gasteiger partial charge in [-0.3, -0.25) is 9.59 Å². The topological polar surface area (TPSA) is 92.7 Å². The number of imide groups is 1. The molecule has 2 saturated carbocycles. The van der Waals surface area contributed by atoms with Gasteiger partial charge in [-0.1, -0.05) is 12.1 Å². The number of carbonyl (C=O) groups is 2. The van der Waals surface area contributed by atoms with Gasteiger partial charge in [0.25, 0.3) is 11.8 Å². The summed E-state index contributed by atoms with van der Waals surface area (Å²) in [5, 5.41) is 2.23. The van der Waals surface area contributed by atoms with Crippen LogP contribution in [0, 0.1) is 23.7 Å². The first-order valence-corrected chi connectivity index (χ1v) is 7.36. The molecule has 6 heteroatoms. The molecule has 3 aliphatic rings. The van der Waals surface area contributed by atoms with Gasteiger partial charge in [0, 0.05) is 0 Å². The largest absolute Gasteiger partial charge is 0.397 e. The normalized spacial score (nSPS) is 33.7.